The highest BCUT2D eigenvalue weighted by atomic mass is 32.2. The van der Waals surface area contributed by atoms with Gasteiger partial charge < -0.3 is 5.73 Å². The lowest BCUT2D eigenvalue weighted by Crippen LogP contribution is -1.89. The zero-order valence-electron chi connectivity index (χ0n) is 9.49. The van der Waals surface area contributed by atoms with Crippen LogP contribution in [0, 0.1) is 23.2 Å². The highest BCUT2D eigenvalue weighted by Gasteiger charge is 1.98. The van der Waals surface area contributed by atoms with Gasteiger partial charge in [-0.1, -0.05) is 23.6 Å². The minimum Gasteiger partial charge on any atom is -0.399 e. The van der Waals surface area contributed by atoms with Gasteiger partial charge in [-0.05, 0) is 18.2 Å². The molecule has 1 aromatic rings. The molecule has 0 heterocycles. The molecule has 0 aliphatic rings. The van der Waals surface area contributed by atoms with Gasteiger partial charge in [-0.25, -0.2) is 0 Å². The molecule has 3 nitrogen and oxygen atoms in total. The summed E-state index contributed by atoms with van der Waals surface area (Å²) < 4.78 is 0. The van der Waals surface area contributed by atoms with Crippen molar-refractivity contribution in [3.8, 4) is 17.9 Å². The van der Waals surface area contributed by atoms with E-state index in [-0.39, 0.29) is 5.12 Å². The van der Waals surface area contributed by atoms with E-state index in [9.17, 15) is 4.79 Å². The summed E-state index contributed by atoms with van der Waals surface area (Å²) in [7, 11) is 0. The maximum absolute atomic E-state index is 10.7. The molecule has 0 aliphatic carbocycles. The van der Waals surface area contributed by atoms with Gasteiger partial charge in [-0.2, -0.15) is 5.26 Å². The summed E-state index contributed by atoms with van der Waals surface area (Å²) >= 11 is 1.25. The van der Waals surface area contributed by atoms with Gasteiger partial charge in [0.15, 0.2) is 5.12 Å². The molecular weight excluding hydrogens is 232 g/mol. The van der Waals surface area contributed by atoms with Gasteiger partial charge >= 0.3 is 0 Å². The number of nitrogens with two attached hydrogens (primary N) is 1. The van der Waals surface area contributed by atoms with Crippen LogP contribution in [0.5, 0.6) is 0 Å². The lowest BCUT2D eigenvalue weighted by atomic mass is 10.1. The van der Waals surface area contributed by atoms with Gasteiger partial charge in [0.2, 0.25) is 0 Å². The Morgan fingerprint density at radius 1 is 1.47 bits per heavy atom. The van der Waals surface area contributed by atoms with E-state index in [1.807, 2.05) is 0 Å². The first-order valence-corrected chi connectivity index (χ1v) is 6.04. The molecule has 0 unspecified atom stereocenters. The van der Waals surface area contributed by atoms with Crippen molar-refractivity contribution in [1.82, 2.24) is 0 Å². The topological polar surface area (TPSA) is 66.9 Å². The summed E-state index contributed by atoms with van der Waals surface area (Å²) in [6, 6.07) is 7.08. The van der Waals surface area contributed by atoms with E-state index in [0.717, 1.165) is 0 Å². The van der Waals surface area contributed by atoms with E-state index in [2.05, 4.69) is 17.9 Å². The molecule has 17 heavy (non-hydrogen) atoms. The number of nitrogen functional groups attached to an aromatic ring is 1. The lowest BCUT2D eigenvalue weighted by molar-refractivity contribution is -0.109. The van der Waals surface area contributed by atoms with Crippen LogP contribution in [0.4, 0.5) is 5.69 Å². The minimum absolute atomic E-state index is 0.0912. The third-order valence-electron chi connectivity index (χ3n) is 1.92. The molecule has 0 amide bonds. The van der Waals surface area contributed by atoms with Crippen LogP contribution < -0.4 is 5.73 Å². The maximum atomic E-state index is 10.7. The van der Waals surface area contributed by atoms with Crippen LogP contribution in [0.25, 0.3) is 0 Å². The first-order chi connectivity index (χ1) is 8.13. The number of carbonyl (C=O) groups excluding carboxylic acids is 1. The van der Waals surface area contributed by atoms with Gasteiger partial charge in [-0.3, -0.25) is 4.79 Å². The summed E-state index contributed by atoms with van der Waals surface area (Å²) in [6.45, 7) is 1.53. The quantitative estimate of drug-likeness (QED) is 0.492. The number of benzene rings is 1. The van der Waals surface area contributed by atoms with Crippen molar-refractivity contribution >= 4 is 22.6 Å². The maximum Gasteiger partial charge on any atom is 0.185 e. The zero-order chi connectivity index (χ0) is 12.7. The SMILES string of the molecule is CC(=O)SCCC#Cc1cc(N)ccc1C#N. The number of anilines is 1. The van der Waals surface area contributed by atoms with Gasteiger partial charge in [-0.15, -0.1) is 0 Å². The number of nitrogens with zero attached hydrogens (tertiary/aromatic N) is 1. The Balaban J connectivity index is 2.68. The van der Waals surface area contributed by atoms with Crippen molar-refractivity contribution < 1.29 is 4.79 Å². The van der Waals surface area contributed by atoms with E-state index in [0.29, 0.717) is 29.0 Å². The van der Waals surface area contributed by atoms with Crippen LogP contribution >= 0.6 is 11.8 Å². The van der Waals surface area contributed by atoms with E-state index >= 15 is 0 Å². The van der Waals surface area contributed by atoms with Gasteiger partial charge in [0.1, 0.15) is 6.07 Å². The third kappa shape index (κ3) is 4.63. The van der Waals surface area contributed by atoms with Crippen molar-refractivity contribution in [3.05, 3.63) is 29.3 Å². The average Bonchev–Trinajstić information content (AvgIpc) is 2.28. The molecule has 0 saturated heterocycles. The zero-order valence-corrected chi connectivity index (χ0v) is 10.3. The number of carbonyl (C=O) groups is 1. The number of hydrogen-bond donors (Lipinski definition) is 1. The fourth-order valence-corrected chi connectivity index (χ4v) is 1.66. The number of thioether (sulfide) groups is 1. The predicted octanol–water partition coefficient (Wildman–Crippen LogP) is 2.16. The molecule has 0 fully saturated rings. The van der Waals surface area contributed by atoms with Crippen LogP contribution in [-0.4, -0.2) is 10.9 Å². The molecule has 1 aromatic carbocycles. The first kappa shape index (κ1) is 13.2. The smallest absolute Gasteiger partial charge is 0.185 e. The number of nitriles is 1. The van der Waals surface area contributed by atoms with Crippen molar-refractivity contribution in [2.45, 2.75) is 13.3 Å². The molecule has 1 rings (SSSR count). The van der Waals surface area contributed by atoms with Crippen molar-refractivity contribution in [1.29, 1.82) is 5.26 Å². The Morgan fingerprint density at radius 3 is 2.88 bits per heavy atom. The van der Waals surface area contributed by atoms with Crippen molar-refractivity contribution in [3.63, 3.8) is 0 Å². The average molecular weight is 244 g/mol. The van der Waals surface area contributed by atoms with Crippen molar-refractivity contribution in [2.75, 3.05) is 11.5 Å². The van der Waals surface area contributed by atoms with Crippen LogP contribution in [0.2, 0.25) is 0 Å². The normalized spacial score (nSPS) is 8.94. The fraction of sp³-hybridized carbons (Fsp3) is 0.231. The third-order valence-corrected chi connectivity index (χ3v) is 2.73. The number of hydrogen-bond acceptors (Lipinski definition) is 4. The van der Waals surface area contributed by atoms with Crippen LogP contribution in [0.15, 0.2) is 18.2 Å². The summed E-state index contributed by atoms with van der Waals surface area (Å²) in [5.41, 5.74) is 7.37. The highest BCUT2D eigenvalue weighted by Crippen LogP contribution is 2.11. The standard InChI is InChI=1S/C13H12N2OS/c1-10(16)17-7-3-2-4-11-8-13(15)6-5-12(11)9-14/h5-6,8H,3,7,15H2,1H3. The molecule has 86 valence electrons. The second-order valence-electron chi connectivity index (χ2n) is 3.31. The molecule has 4 heteroatoms. The molecule has 0 aliphatic heterocycles. The van der Waals surface area contributed by atoms with E-state index < -0.39 is 0 Å². The monoisotopic (exact) mass is 244 g/mol. The Bertz CT molecular complexity index is 520. The Hall–Kier alpha value is -1.91. The van der Waals surface area contributed by atoms with E-state index in [1.165, 1.54) is 18.7 Å². The molecule has 0 saturated carbocycles. The molecule has 0 radical (unpaired) electrons. The molecule has 0 spiro atoms. The van der Waals surface area contributed by atoms with Gasteiger partial charge in [0, 0.05) is 30.3 Å². The summed E-state index contributed by atoms with van der Waals surface area (Å²) in [5.74, 6) is 6.50. The Kier molecular flexibility index (Phi) is 5.13. The van der Waals surface area contributed by atoms with E-state index in [4.69, 9.17) is 11.0 Å². The largest absolute Gasteiger partial charge is 0.399 e. The fourth-order valence-electron chi connectivity index (χ4n) is 1.17. The molecule has 0 atom stereocenters. The Morgan fingerprint density at radius 2 is 2.24 bits per heavy atom. The molecule has 2 N–H and O–H groups in total. The van der Waals surface area contributed by atoms with Crippen molar-refractivity contribution in [2.24, 2.45) is 0 Å². The van der Waals surface area contributed by atoms with Crippen LogP contribution in [0.1, 0.15) is 24.5 Å². The highest BCUT2D eigenvalue weighted by molar-refractivity contribution is 8.13. The van der Waals surface area contributed by atoms with Gasteiger partial charge in [0.05, 0.1) is 5.56 Å². The van der Waals surface area contributed by atoms with Crippen LogP contribution in [-0.2, 0) is 4.79 Å². The second-order valence-corrected chi connectivity index (χ2v) is 4.58. The van der Waals surface area contributed by atoms with Crippen LogP contribution in [0.3, 0.4) is 0 Å². The summed E-state index contributed by atoms with van der Waals surface area (Å²) in [5, 5.41) is 8.97. The summed E-state index contributed by atoms with van der Waals surface area (Å²) in [4.78, 5) is 10.7. The summed E-state index contributed by atoms with van der Waals surface area (Å²) in [6.07, 6.45) is 0.615. The molecule has 0 bridgehead atoms. The molecule has 0 aromatic heterocycles. The van der Waals surface area contributed by atoms with Gasteiger partial charge in [0.25, 0.3) is 0 Å². The second kappa shape index (κ2) is 6.62. The van der Waals surface area contributed by atoms with E-state index in [1.54, 1.807) is 18.2 Å². The first-order valence-electron chi connectivity index (χ1n) is 5.05. The number of rotatable bonds is 2. The Labute approximate surface area is 105 Å². The predicted molar refractivity (Wildman–Crippen MR) is 70.2 cm³/mol. The molecular formula is C13H12N2OS. The minimum atomic E-state index is 0.0912. The lowest BCUT2D eigenvalue weighted by Gasteiger charge is -1.96.